The van der Waals surface area contributed by atoms with Crippen LogP contribution in [0.4, 0.5) is 0 Å². The SMILES string of the molecule is CC(N)C1=C=CC=C1. The standard InChI is InChI=1S/C7H9N/c1-6(8)7-4-2-3-5-7/h2-4,6H,8H2,1H3. The van der Waals surface area contributed by atoms with Crippen LogP contribution in [0.3, 0.4) is 0 Å². The van der Waals surface area contributed by atoms with E-state index in [1.54, 1.807) is 0 Å². The zero-order valence-electron chi connectivity index (χ0n) is 4.89. The van der Waals surface area contributed by atoms with E-state index in [2.05, 4.69) is 5.73 Å². The van der Waals surface area contributed by atoms with Crippen LogP contribution in [0.1, 0.15) is 6.92 Å². The third kappa shape index (κ3) is 0.890. The van der Waals surface area contributed by atoms with Crippen molar-refractivity contribution in [1.82, 2.24) is 0 Å². The minimum Gasteiger partial charge on any atom is -0.324 e. The highest BCUT2D eigenvalue weighted by atomic mass is 14.6. The van der Waals surface area contributed by atoms with Crippen molar-refractivity contribution < 1.29 is 0 Å². The Morgan fingerprint density at radius 3 is 2.75 bits per heavy atom. The molecule has 0 aromatic carbocycles. The second-order valence-electron chi connectivity index (χ2n) is 1.91. The molecule has 1 atom stereocenters. The van der Waals surface area contributed by atoms with Gasteiger partial charge in [-0.3, -0.25) is 0 Å². The van der Waals surface area contributed by atoms with E-state index in [-0.39, 0.29) is 6.04 Å². The van der Waals surface area contributed by atoms with Gasteiger partial charge in [-0.2, -0.15) is 0 Å². The number of rotatable bonds is 1. The summed E-state index contributed by atoms with van der Waals surface area (Å²) in [6.45, 7) is 1.95. The van der Waals surface area contributed by atoms with E-state index < -0.39 is 0 Å². The lowest BCUT2D eigenvalue weighted by molar-refractivity contribution is 0.889. The van der Waals surface area contributed by atoms with Crippen LogP contribution in [0.25, 0.3) is 0 Å². The molecule has 0 aromatic heterocycles. The van der Waals surface area contributed by atoms with E-state index in [1.165, 1.54) is 0 Å². The van der Waals surface area contributed by atoms with E-state index in [1.807, 2.05) is 25.2 Å². The van der Waals surface area contributed by atoms with Crippen molar-refractivity contribution in [3.05, 3.63) is 29.5 Å². The topological polar surface area (TPSA) is 26.0 Å². The molecule has 0 heterocycles. The van der Waals surface area contributed by atoms with Crippen LogP contribution in [0.5, 0.6) is 0 Å². The van der Waals surface area contributed by atoms with Crippen molar-refractivity contribution in [2.75, 3.05) is 0 Å². The highest BCUT2D eigenvalue weighted by molar-refractivity contribution is 5.31. The van der Waals surface area contributed by atoms with Gasteiger partial charge in [-0.05, 0) is 19.1 Å². The van der Waals surface area contributed by atoms with Gasteiger partial charge >= 0.3 is 0 Å². The lowest BCUT2D eigenvalue weighted by Crippen LogP contribution is -2.15. The number of hydrogen-bond donors (Lipinski definition) is 1. The first-order valence-electron chi connectivity index (χ1n) is 2.69. The average Bonchev–Trinajstić information content (AvgIpc) is 2.12. The van der Waals surface area contributed by atoms with E-state index in [0.717, 1.165) is 5.57 Å². The van der Waals surface area contributed by atoms with Gasteiger partial charge in [-0.15, -0.1) is 5.73 Å². The van der Waals surface area contributed by atoms with Crippen molar-refractivity contribution in [1.29, 1.82) is 0 Å². The van der Waals surface area contributed by atoms with Crippen molar-refractivity contribution in [3.63, 3.8) is 0 Å². The average molecular weight is 107 g/mol. The zero-order valence-corrected chi connectivity index (χ0v) is 4.89. The molecule has 0 saturated heterocycles. The molecule has 8 heavy (non-hydrogen) atoms. The molecular weight excluding hydrogens is 98.1 g/mol. The molecule has 1 nitrogen and oxygen atoms in total. The number of allylic oxidation sites excluding steroid dienone is 1. The molecule has 2 N–H and O–H groups in total. The molecule has 1 aliphatic carbocycles. The van der Waals surface area contributed by atoms with Gasteiger partial charge in [0.1, 0.15) is 0 Å². The van der Waals surface area contributed by atoms with Crippen LogP contribution in [0.15, 0.2) is 29.5 Å². The van der Waals surface area contributed by atoms with Gasteiger partial charge in [0.25, 0.3) is 0 Å². The normalized spacial score (nSPS) is 19.0. The second-order valence-corrected chi connectivity index (χ2v) is 1.91. The summed E-state index contributed by atoms with van der Waals surface area (Å²) in [6, 6.07) is 0.130. The number of nitrogens with two attached hydrogens (primary N) is 1. The summed E-state index contributed by atoms with van der Waals surface area (Å²) in [5, 5.41) is 0. The quantitative estimate of drug-likeness (QED) is 0.497. The summed E-state index contributed by atoms with van der Waals surface area (Å²) in [5.41, 5.74) is 9.63. The van der Waals surface area contributed by atoms with Gasteiger partial charge in [0.15, 0.2) is 0 Å². The first kappa shape index (κ1) is 5.36. The largest absolute Gasteiger partial charge is 0.324 e. The fourth-order valence-corrected chi connectivity index (χ4v) is 0.627. The van der Waals surface area contributed by atoms with E-state index in [0.29, 0.717) is 0 Å². The Hall–Kier alpha value is -0.780. The Morgan fingerprint density at radius 2 is 2.50 bits per heavy atom. The molecular formula is C7H9N. The summed E-state index contributed by atoms with van der Waals surface area (Å²) in [7, 11) is 0. The first-order valence-corrected chi connectivity index (χ1v) is 2.69. The highest BCUT2D eigenvalue weighted by Gasteiger charge is 1.97. The summed E-state index contributed by atoms with van der Waals surface area (Å²) in [5.74, 6) is 0. The van der Waals surface area contributed by atoms with E-state index in [4.69, 9.17) is 5.73 Å². The van der Waals surface area contributed by atoms with Gasteiger partial charge in [0, 0.05) is 11.6 Å². The molecule has 0 fully saturated rings. The maximum Gasteiger partial charge on any atom is 0.0339 e. The van der Waals surface area contributed by atoms with Crippen LogP contribution in [0, 0.1) is 0 Å². The summed E-state index contributed by atoms with van der Waals surface area (Å²) >= 11 is 0. The Morgan fingerprint density at radius 1 is 1.75 bits per heavy atom. The molecule has 42 valence electrons. The van der Waals surface area contributed by atoms with Gasteiger partial charge in [-0.1, -0.05) is 6.08 Å². The smallest absolute Gasteiger partial charge is 0.0339 e. The molecule has 1 aliphatic rings. The Balaban J connectivity index is 2.74. The maximum atomic E-state index is 5.53. The summed E-state index contributed by atoms with van der Waals surface area (Å²) < 4.78 is 0. The molecule has 1 heteroatoms. The van der Waals surface area contributed by atoms with Crippen LogP contribution in [-0.2, 0) is 0 Å². The van der Waals surface area contributed by atoms with E-state index >= 15 is 0 Å². The zero-order chi connectivity index (χ0) is 5.98. The fourth-order valence-electron chi connectivity index (χ4n) is 0.627. The predicted octanol–water partition coefficient (Wildman–Crippen LogP) is 0.985. The van der Waals surface area contributed by atoms with Crippen LogP contribution in [0.2, 0.25) is 0 Å². The van der Waals surface area contributed by atoms with E-state index in [9.17, 15) is 0 Å². The third-order valence-electron chi connectivity index (χ3n) is 1.11. The molecule has 0 bridgehead atoms. The monoisotopic (exact) mass is 107 g/mol. The fraction of sp³-hybridized carbons (Fsp3) is 0.286. The minimum atomic E-state index is 0.130. The van der Waals surface area contributed by atoms with Gasteiger partial charge < -0.3 is 5.73 Å². The molecule has 0 saturated carbocycles. The highest BCUT2D eigenvalue weighted by Crippen LogP contribution is 2.03. The molecule has 1 rings (SSSR count). The summed E-state index contributed by atoms with van der Waals surface area (Å²) in [6.07, 6.45) is 5.79. The van der Waals surface area contributed by atoms with Crippen molar-refractivity contribution in [2.24, 2.45) is 5.73 Å². The Kier molecular flexibility index (Phi) is 1.34. The predicted molar refractivity (Wildman–Crippen MR) is 34.4 cm³/mol. The van der Waals surface area contributed by atoms with Crippen molar-refractivity contribution >= 4 is 0 Å². The van der Waals surface area contributed by atoms with Crippen LogP contribution < -0.4 is 5.73 Å². The molecule has 0 amide bonds. The third-order valence-corrected chi connectivity index (χ3v) is 1.11. The summed E-state index contributed by atoms with van der Waals surface area (Å²) in [4.78, 5) is 0. The van der Waals surface area contributed by atoms with Gasteiger partial charge in [-0.25, -0.2) is 0 Å². The molecule has 0 aromatic rings. The van der Waals surface area contributed by atoms with Gasteiger partial charge in [0.2, 0.25) is 0 Å². The van der Waals surface area contributed by atoms with Crippen LogP contribution >= 0.6 is 0 Å². The first-order chi connectivity index (χ1) is 3.80. The maximum absolute atomic E-state index is 5.53. The van der Waals surface area contributed by atoms with Crippen molar-refractivity contribution in [3.8, 4) is 0 Å². The van der Waals surface area contributed by atoms with Crippen LogP contribution in [-0.4, -0.2) is 6.04 Å². The lowest BCUT2D eigenvalue weighted by Gasteiger charge is -1.98. The minimum absolute atomic E-state index is 0.130. The number of hydrogen-bond acceptors (Lipinski definition) is 1. The molecule has 0 spiro atoms. The second kappa shape index (κ2) is 1.99. The Bertz CT molecular complexity index is 169. The molecule has 0 radical (unpaired) electrons. The molecule has 1 unspecified atom stereocenters. The molecule has 0 aliphatic heterocycles. The van der Waals surface area contributed by atoms with Crippen molar-refractivity contribution in [2.45, 2.75) is 13.0 Å². The Labute approximate surface area is 49.2 Å². The van der Waals surface area contributed by atoms with Gasteiger partial charge in [0.05, 0.1) is 0 Å². The lowest BCUT2D eigenvalue weighted by atomic mass is 10.2.